The van der Waals surface area contributed by atoms with E-state index in [1.165, 1.54) is 0 Å². The van der Waals surface area contributed by atoms with Crippen LogP contribution in [0.15, 0.2) is 4.99 Å². The van der Waals surface area contributed by atoms with Gasteiger partial charge in [-0.25, -0.2) is 0 Å². The first-order chi connectivity index (χ1) is 10.5. The molecule has 1 amide bonds. The maximum absolute atomic E-state index is 12.0. The van der Waals surface area contributed by atoms with Gasteiger partial charge in [-0.15, -0.1) is 0 Å². The van der Waals surface area contributed by atoms with Crippen LogP contribution in [-0.4, -0.2) is 61.7 Å². The van der Waals surface area contributed by atoms with E-state index < -0.39 is 0 Å². The lowest BCUT2D eigenvalue weighted by Gasteiger charge is -2.22. The van der Waals surface area contributed by atoms with Crippen molar-refractivity contribution in [1.82, 2.24) is 15.5 Å². The summed E-state index contributed by atoms with van der Waals surface area (Å²) in [5.74, 6) is 0.936. The molecule has 1 rings (SSSR count). The Morgan fingerprint density at radius 3 is 2.55 bits per heavy atom. The van der Waals surface area contributed by atoms with Crippen molar-refractivity contribution in [3.63, 3.8) is 0 Å². The predicted octanol–water partition coefficient (Wildman–Crippen LogP) is 1.37. The molecule has 0 saturated carbocycles. The Morgan fingerprint density at radius 1 is 1.27 bits per heavy atom. The first-order valence-corrected chi connectivity index (χ1v) is 8.48. The van der Waals surface area contributed by atoms with E-state index in [0.717, 1.165) is 45.0 Å². The van der Waals surface area contributed by atoms with Gasteiger partial charge < -0.3 is 20.3 Å². The Kier molecular flexibility index (Phi) is 8.24. The summed E-state index contributed by atoms with van der Waals surface area (Å²) in [7, 11) is 0. The topological polar surface area (TPSA) is 66.0 Å². The molecule has 2 N–H and O–H groups in total. The van der Waals surface area contributed by atoms with E-state index in [9.17, 15) is 4.79 Å². The van der Waals surface area contributed by atoms with Gasteiger partial charge in [-0.3, -0.25) is 9.79 Å². The van der Waals surface area contributed by atoms with E-state index in [-0.39, 0.29) is 11.5 Å². The molecule has 6 heteroatoms. The minimum atomic E-state index is -0.139. The smallest absolute Gasteiger partial charge is 0.224 e. The number of rotatable bonds is 8. The number of ether oxygens (including phenoxy) is 1. The molecule has 1 saturated heterocycles. The number of hydrogen-bond acceptors (Lipinski definition) is 3. The molecule has 22 heavy (non-hydrogen) atoms. The van der Waals surface area contributed by atoms with Crippen LogP contribution in [0.2, 0.25) is 0 Å². The van der Waals surface area contributed by atoms with Gasteiger partial charge in [0.25, 0.3) is 0 Å². The Labute approximate surface area is 134 Å². The summed E-state index contributed by atoms with van der Waals surface area (Å²) in [5.41, 5.74) is -0.139. The van der Waals surface area contributed by atoms with E-state index in [2.05, 4.69) is 22.5 Å². The van der Waals surface area contributed by atoms with Crippen LogP contribution in [0.1, 0.15) is 47.0 Å². The number of guanidine groups is 1. The number of aliphatic imine (C=N–C) groups is 1. The van der Waals surface area contributed by atoms with Gasteiger partial charge in [0.2, 0.25) is 5.91 Å². The zero-order valence-electron chi connectivity index (χ0n) is 14.6. The molecule has 0 bridgehead atoms. The van der Waals surface area contributed by atoms with Crippen molar-refractivity contribution in [2.75, 3.05) is 39.3 Å². The minimum absolute atomic E-state index is 0.139. The van der Waals surface area contributed by atoms with Gasteiger partial charge in [0.15, 0.2) is 5.96 Å². The molecule has 0 aromatic rings. The average Bonchev–Trinajstić information content (AvgIpc) is 2.93. The Balaban J connectivity index is 2.41. The van der Waals surface area contributed by atoms with Gasteiger partial charge in [0.1, 0.15) is 0 Å². The van der Waals surface area contributed by atoms with Crippen molar-refractivity contribution >= 4 is 11.9 Å². The van der Waals surface area contributed by atoms with Gasteiger partial charge >= 0.3 is 0 Å². The molecule has 1 aliphatic rings. The van der Waals surface area contributed by atoms with Gasteiger partial charge in [0, 0.05) is 39.2 Å². The molecule has 1 fully saturated rings. The van der Waals surface area contributed by atoms with Crippen LogP contribution in [0.4, 0.5) is 0 Å². The third-order valence-electron chi connectivity index (χ3n) is 3.96. The van der Waals surface area contributed by atoms with Gasteiger partial charge in [-0.05, 0) is 40.5 Å². The van der Waals surface area contributed by atoms with E-state index in [0.29, 0.717) is 19.5 Å². The largest absolute Gasteiger partial charge is 0.373 e. The molecule has 0 aliphatic carbocycles. The number of amides is 1. The second kappa shape index (κ2) is 9.66. The highest BCUT2D eigenvalue weighted by molar-refractivity contribution is 5.81. The van der Waals surface area contributed by atoms with Crippen LogP contribution in [0.3, 0.4) is 0 Å². The molecule has 1 atom stereocenters. The molecule has 6 nitrogen and oxygen atoms in total. The van der Waals surface area contributed by atoms with E-state index in [1.54, 1.807) is 0 Å². The third-order valence-corrected chi connectivity index (χ3v) is 3.96. The van der Waals surface area contributed by atoms with Gasteiger partial charge in [-0.1, -0.05) is 0 Å². The number of nitrogens with one attached hydrogen (secondary N) is 2. The van der Waals surface area contributed by atoms with Crippen molar-refractivity contribution < 1.29 is 9.53 Å². The lowest BCUT2D eigenvalue weighted by molar-refractivity contribution is -0.130. The first-order valence-electron chi connectivity index (χ1n) is 8.48. The monoisotopic (exact) mass is 312 g/mol. The summed E-state index contributed by atoms with van der Waals surface area (Å²) < 4.78 is 5.75. The molecule has 128 valence electrons. The van der Waals surface area contributed by atoms with Gasteiger partial charge in [-0.2, -0.15) is 0 Å². The molecule has 0 aromatic carbocycles. The quantitative estimate of drug-likeness (QED) is 0.525. The fraction of sp³-hybridized carbons (Fsp3) is 0.875. The Bertz CT molecular complexity index is 361. The minimum Gasteiger partial charge on any atom is -0.373 e. The lowest BCUT2D eigenvalue weighted by atomic mass is 10.0. The van der Waals surface area contributed by atoms with Crippen LogP contribution in [0.25, 0.3) is 0 Å². The number of carbonyl (C=O) groups excluding carboxylic acids is 1. The highest BCUT2D eigenvalue weighted by Crippen LogP contribution is 2.24. The predicted molar refractivity (Wildman–Crippen MR) is 90.1 cm³/mol. The highest BCUT2D eigenvalue weighted by Gasteiger charge is 2.29. The number of hydrogen-bond donors (Lipinski definition) is 2. The number of nitrogens with zero attached hydrogens (tertiary/aromatic N) is 2. The fourth-order valence-corrected chi connectivity index (χ4v) is 2.57. The lowest BCUT2D eigenvalue weighted by Crippen LogP contribution is -2.41. The maximum atomic E-state index is 12.0. The molecule has 1 heterocycles. The van der Waals surface area contributed by atoms with Crippen molar-refractivity contribution in [3.8, 4) is 0 Å². The summed E-state index contributed by atoms with van der Waals surface area (Å²) >= 11 is 0. The van der Waals surface area contributed by atoms with Crippen molar-refractivity contribution in [2.24, 2.45) is 4.99 Å². The Hall–Kier alpha value is -1.30. The summed E-state index contributed by atoms with van der Waals surface area (Å²) in [5, 5.41) is 6.44. The highest BCUT2D eigenvalue weighted by atomic mass is 16.5. The SMILES string of the molecule is CCNC(=NCC1(C)CCCO1)NCCC(=O)N(CC)CC. The average molecular weight is 312 g/mol. The third kappa shape index (κ3) is 6.22. The zero-order chi connectivity index (χ0) is 16.4. The van der Waals surface area contributed by atoms with Gasteiger partial charge in [0.05, 0.1) is 12.1 Å². The van der Waals surface area contributed by atoms with E-state index >= 15 is 0 Å². The molecular weight excluding hydrogens is 280 g/mol. The molecule has 1 unspecified atom stereocenters. The summed E-state index contributed by atoms with van der Waals surface area (Å²) in [4.78, 5) is 18.4. The van der Waals surface area contributed by atoms with Crippen molar-refractivity contribution in [1.29, 1.82) is 0 Å². The zero-order valence-corrected chi connectivity index (χ0v) is 14.6. The number of carbonyl (C=O) groups is 1. The summed E-state index contributed by atoms with van der Waals surface area (Å²) in [6, 6.07) is 0. The first kappa shape index (κ1) is 18.7. The normalized spacial score (nSPS) is 21.7. The standard InChI is InChI=1S/C16H32N4O2/c1-5-17-15(19-13-16(4)10-8-12-22-16)18-11-9-14(21)20(6-2)7-3/h5-13H2,1-4H3,(H2,17,18,19). The molecular formula is C16H32N4O2. The second-order valence-electron chi connectivity index (χ2n) is 5.84. The fourth-order valence-electron chi connectivity index (χ4n) is 2.57. The van der Waals surface area contributed by atoms with Crippen LogP contribution in [0, 0.1) is 0 Å². The molecule has 0 aromatic heterocycles. The van der Waals surface area contributed by atoms with Crippen LogP contribution < -0.4 is 10.6 Å². The van der Waals surface area contributed by atoms with Crippen LogP contribution >= 0.6 is 0 Å². The van der Waals surface area contributed by atoms with Crippen molar-refractivity contribution in [2.45, 2.75) is 52.6 Å². The van der Waals surface area contributed by atoms with Crippen molar-refractivity contribution in [3.05, 3.63) is 0 Å². The van der Waals surface area contributed by atoms with E-state index in [4.69, 9.17) is 4.74 Å². The molecule has 0 spiro atoms. The van der Waals surface area contributed by atoms with E-state index in [1.807, 2.05) is 25.7 Å². The Morgan fingerprint density at radius 2 is 2.00 bits per heavy atom. The maximum Gasteiger partial charge on any atom is 0.224 e. The summed E-state index contributed by atoms with van der Waals surface area (Å²) in [6.45, 7) is 12.5. The summed E-state index contributed by atoms with van der Waals surface area (Å²) in [6.07, 6.45) is 2.64. The molecule has 0 radical (unpaired) electrons. The second-order valence-corrected chi connectivity index (χ2v) is 5.84. The van der Waals surface area contributed by atoms with Crippen LogP contribution in [-0.2, 0) is 9.53 Å². The molecule has 1 aliphatic heterocycles. The van der Waals surface area contributed by atoms with Crippen LogP contribution in [0.5, 0.6) is 0 Å².